The summed E-state index contributed by atoms with van der Waals surface area (Å²) in [5.74, 6) is 0.525. The number of aromatic nitrogens is 2. The lowest BCUT2D eigenvalue weighted by molar-refractivity contribution is -0.383. The van der Waals surface area contributed by atoms with Crippen LogP contribution in [-0.4, -0.2) is 34.5 Å². The zero-order valence-corrected chi connectivity index (χ0v) is 14.8. The number of unbranched alkanes of at least 4 members (excludes halogenated alkanes) is 3. The van der Waals surface area contributed by atoms with Crippen LogP contribution in [0.1, 0.15) is 44.9 Å². The highest BCUT2D eigenvalue weighted by Crippen LogP contribution is 2.23. The fraction of sp³-hybridized carbons (Fsp3) is 0.529. The van der Waals surface area contributed by atoms with Crippen LogP contribution in [0.25, 0.3) is 11.0 Å². The molecule has 0 saturated carbocycles. The number of rotatable bonds is 9. The lowest BCUT2D eigenvalue weighted by Gasteiger charge is -1.95. The number of amides is 1. The number of carbonyl (C=O) groups is 1. The van der Waals surface area contributed by atoms with Gasteiger partial charge in [-0.15, -0.1) is 0 Å². The lowest BCUT2D eigenvalue weighted by Crippen LogP contribution is -2.12. The number of fused-ring (bicyclic) bond motifs is 1. The molecular weight excluding hydrogens is 324 g/mol. The van der Waals surface area contributed by atoms with E-state index in [2.05, 4.69) is 21.6 Å². The Bertz CT molecular complexity index is 684. The molecule has 0 fully saturated rings. The van der Waals surface area contributed by atoms with Crippen LogP contribution in [-0.2, 0) is 16.0 Å². The average Bonchev–Trinajstić information content (AvgIpc) is 3.00. The van der Waals surface area contributed by atoms with E-state index in [1.54, 1.807) is 6.07 Å². The van der Waals surface area contributed by atoms with E-state index in [0.29, 0.717) is 18.5 Å². The van der Waals surface area contributed by atoms with Gasteiger partial charge in [0.2, 0.25) is 5.91 Å². The Labute approximate surface area is 146 Å². The van der Waals surface area contributed by atoms with E-state index in [-0.39, 0.29) is 16.5 Å². The molecule has 8 nitrogen and oxygen atoms in total. The number of H-pyrrole nitrogens is 1. The number of nitro benzene ring substituents is 1. The van der Waals surface area contributed by atoms with Gasteiger partial charge in [0.05, 0.1) is 17.0 Å². The Morgan fingerprint density at radius 1 is 1.36 bits per heavy atom. The van der Waals surface area contributed by atoms with Crippen LogP contribution in [0.2, 0.25) is 0 Å². The highest BCUT2D eigenvalue weighted by molar-refractivity contribution is 5.84. The summed E-state index contributed by atoms with van der Waals surface area (Å²) in [5, 5.41) is 10.9. The molecule has 0 bridgehead atoms. The van der Waals surface area contributed by atoms with Gasteiger partial charge in [0.15, 0.2) is 5.52 Å². The summed E-state index contributed by atoms with van der Waals surface area (Å²) >= 11 is 0. The maximum absolute atomic E-state index is 10.9. The van der Waals surface area contributed by atoms with Gasteiger partial charge in [0.25, 0.3) is 5.69 Å². The van der Waals surface area contributed by atoms with Gasteiger partial charge in [-0.1, -0.05) is 32.3 Å². The number of para-hydroxylation sites is 1. The highest BCUT2D eigenvalue weighted by Gasteiger charge is 2.14. The topological polar surface area (TPSA) is 124 Å². The summed E-state index contributed by atoms with van der Waals surface area (Å²) < 4.78 is 4.55. The quantitative estimate of drug-likeness (QED) is 0.408. The van der Waals surface area contributed by atoms with E-state index in [1.807, 2.05) is 6.07 Å². The van der Waals surface area contributed by atoms with Crippen LogP contribution in [0.3, 0.4) is 0 Å². The van der Waals surface area contributed by atoms with Crippen LogP contribution >= 0.6 is 0 Å². The van der Waals surface area contributed by atoms with Crippen molar-refractivity contribution in [3.63, 3.8) is 0 Å². The summed E-state index contributed by atoms with van der Waals surface area (Å²) in [7, 11) is 1.53. The molecule has 2 aromatic rings. The molecular formula is C17H26N4O4. The lowest BCUT2D eigenvalue weighted by atomic mass is 10.1. The number of ether oxygens (including phenoxy) is 1. The van der Waals surface area contributed by atoms with Crippen molar-refractivity contribution in [3.8, 4) is 0 Å². The standard InChI is InChI=1S/C13H17N3O2.C4H9NO2/c1-2-3-4-5-9-12-14-10-7-6-8-11(16(17)18)13(10)15-12;1-7-3-2-4(5)6/h6-8H,2-5,9H2,1H3,(H,14,15);2-3H2,1H3,(H2,5,6). The van der Waals surface area contributed by atoms with Crippen molar-refractivity contribution in [1.82, 2.24) is 9.97 Å². The molecule has 2 rings (SSSR count). The van der Waals surface area contributed by atoms with E-state index in [9.17, 15) is 14.9 Å². The Morgan fingerprint density at radius 2 is 2.12 bits per heavy atom. The van der Waals surface area contributed by atoms with E-state index in [0.717, 1.165) is 24.2 Å². The SMILES string of the molecule is CCCCCCc1nc2c([N+](=O)[O-])cccc2[nH]1.COCCC(N)=O. The fourth-order valence-electron chi connectivity index (χ4n) is 2.26. The van der Waals surface area contributed by atoms with Gasteiger partial charge in [0, 0.05) is 26.0 Å². The molecule has 0 atom stereocenters. The molecule has 0 aliphatic carbocycles. The Morgan fingerprint density at radius 3 is 2.68 bits per heavy atom. The number of imidazole rings is 1. The first-order valence-corrected chi connectivity index (χ1v) is 8.38. The zero-order chi connectivity index (χ0) is 18.7. The number of primary amides is 1. The third-order valence-corrected chi connectivity index (χ3v) is 3.56. The number of aryl methyl sites for hydroxylation is 1. The Hall–Kier alpha value is -2.48. The van der Waals surface area contributed by atoms with Gasteiger partial charge in [0.1, 0.15) is 5.82 Å². The zero-order valence-electron chi connectivity index (χ0n) is 14.8. The molecule has 1 aromatic heterocycles. The van der Waals surface area contributed by atoms with Gasteiger partial charge in [-0.25, -0.2) is 4.98 Å². The smallest absolute Gasteiger partial charge is 0.297 e. The van der Waals surface area contributed by atoms with E-state index in [1.165, 1.54) is 32.4 Å². The van der Waals surface area contributed by atoms with Gasteiger partial charge in [-0.3, -0.25) is 14.9 Å². The summed E-state index contributed by atoms with van der Waals surface area (Å²) in [6.07, 6.45) is 5.84. The third-order valence-electron chi connectivity index (χ3n) is 3.56. The number of hydrogen-bond donors (Lipinski definition) is 2. The normalized spacial score (nSPS) is 10.3. The molecule has 1 amide bonds. The molecule has 0 radical (unpaired) electrons. The predicted octanol–water partition coefficient (Wildman–Crippen LogP) is 3.10. The van der Waals surface area contributed by atoms with Crippen molar-refractivity contribution in [2.24, 2.45) is 5.73 Å². The van der Waals surface area contributed by atoms with E-state index < -0.39 is 0 Å². The second-order valence-electron chi connectivity index (χ2n) is 5.63. The number of nitrogens with two attached hydrogens (primary N) is 1. The second-order valence-corrected chi connectivity index (χ2v) is 5.63. The first-order chi connectivity index (χ1) is 12.0. The molecule has 0 spiro atoms. The second kappa shape index (κ2) is 11.1. The van der Waals surface area contributed by atoms with Gasteiger partial charge in [-0.2, -0.15) is 0 Å². The number of carbonyl (C=O) groups excluding carboxylic acids is 1. The predicted molar refractivity (Wildman–Crippen MR) is 96.3 cm³/mol. The van der Waals surface area contributed by atoms with Crippen molar-refractivity contribution in [1.29, 1.82) is 0 Å². The van der Waals surface area contributed by atoms with Crippen molar-refractivity contribution in [2.75, 3.05) is 13.7 Å². The monoisotopic (exact) mass is 350 g/mol. The number of hydrogen-bond acceptors (Lipinski definition) is 5. The minimum Gasteiger partial charge on any atom is -0.384 e. The van der Waals surface area contributed by atoms with Crippen LogP contribution in [0, 0.1) is 10.1 Å². The highest BCUT2D eigenvalue weighted by atomic mass is 16.6. The largest absolute Gasteiger partial charge is 0.384 e. The molecule has 1 aromatic carbocycles. The third kappa shape index (κ3) is 7.30. The number of aromatic amines is 1. The van der Waals surface area contributed by atoms with E-state index in [4.69, 9.17) is 5.73 Å². The minimum atomic E-state index is -0.385. The van der Waals surface area contributed by atoms with Crippen LogP contribution in [0.4, 0.5) is 5.69 Å². The molecule has 1 heterocycles. The maximum atomic E-state index is 10.9. The van der Waals surface area contributed by atoms with Gasteiger partial charge in [-0.05, 0) is 12.5 Å². The first-order valence-electron chi connectivity index (χ1n) is 8.38. The Balaban J connectivity index is 0.000000381. The summed E-state index contributed by atoms with van der Waals surface area (Å²) in [6, 6.07) is 4.99. The number of benzene rings is 1. The first kappa shape index (κ1) is 20.6. The molecule has 8 heteroatoms. The van der Waals surface area contributed by atoms with Crippen molar-refractivity contribution >= 4 is 22.6 Å². The molecule has 0 saturated heterocycles. The van der Waals surface area contributed by atoms with Crippen molar-refractivity contribution in [2.45, 2.75) is 45.4 Å². The molecule has 25 heavy (non-hydrogen) atoms. The summed E-state index contributed by atoms with van der Waals surface area (Å²) in [4.78, 5) is 27.9. The number of nitrogens with one attached hydrogen (secondary N) is 1. The minimum absolute atomic E-state index is 0.0727. The average molecular weight is 350 g/mol. The summed E-state index contributed by atoms with van der Waals surface area (Å²) in [6.45, 7) is 2.60. The van der Waals surface area contributed by atoms with Gasteiger partial charge < -0.3 is 15.5 Å². The van der Waals surface area contributed by atoms with Crippen LogP contribution in [0.5, 0.6) is 0 Å². The maximum Gasteiger partial charge on any atom is 0.297 e. The molecule has 0 unspecified atom stereocenters. The Kier molecular flexibility index (Phi) is 9.16. The number of nitrogens with zero attached hydrogens (tertiary/aromatic N) is 2. The molecule has 0 aliphatic rings. The van der Waals surface area contributed by atoms with Crippen molar-refractivity contribution < 1.29 is 14.5 Å². The number of methoxy groups -OCH3 is 1. The molecule has 3 N–H and O–H groups in total. The van der Waals surface area contributed by atoms with E-state index >= 15 is 0 Å². The number of non-ortho nitro benzene ring substituents is 1. The van der Waals surface area contributed by atoms with Crippen LogP contribution < -0.4 is 5.73 Å². The molecule has 0 aliphatic heterocycles. The van der Waals surface area contributed by atoms with Gasteiger partial charge >= 0.3 is 0 Å². The summed E-state index contributed by atoms with van der Waals surface area (Å²) in [5.41, 5.74) is 6.04. The fourth-order valence-corrected chi connectivity index (χ4v) is 2.26. The number of nitro groups is 1. The molecule has 138 valence electrons. The van der Waals surface area contributed by atoms with Crippen molar-refractivity contribution in [3.05, 3.63) is 34.1 Å². The van der Waals surface area contributed by atoms with Crippen LogP contribution in [0.15, 0.2) is 18.2 Å².